The van der Waals surface area contributed by atoms with Gasteiger partial charge in [-0.05, 0) is 24.0 Å². The van der Waals surface area contributed by atoms with E-state index >= 15 is 0 Å². The number of hydrogen-bond acceptors (Lipinski definition) is 2. The molecule has 0 heterocycles. The maximum atomic E-state index is 12.2. The normalized spacial score (nSPS) is 13.2. The van der Waals surface area contributed by atoms with Crippen LogP contribution in [0.3, 0.4) is 0 Å². The van der Waals surface area contributed by atoms with Crippen LogP contribution in [0.25, 0.3) is 0 Å². The fraction of sp³-hybridized carbons (Fsp3) is 0.500. The third-order valence-corrected chi connectivity index (χ3v) is 3.54. The van der Waals surface area contributed by atoms with Crippen LogP contribution in [0.15, 0.2) is 18.2 Å². The summed E-state index contributed by atoms with van der Waals surface area (Å²) in [5.41, 5.74) is 6.24. The molecule has 3 N–H and O–H groups in total. The zero-order chi connectivity index (χ0) is 14.6. The Morgan fingerprint density at radius 2 is 2.00 bits per heavy atom. The third kappa shape index (κ3) is 5.01. The van der Waals surface area contributed by atoms with Gasteiger partial charge in [-0.15, -0.1) is 0 Å². The van der Waals surface area contributed by atoms with Crippen molar-refractivity contribution in [2.45, 2.75) is 27.2 Å². The Hall–Kier alpha value is -0.770. The van der Waals surface area contributed by atoms with Crippen molar-refractivity contribution in [2.75, 3.05) is 11.9 Å². The molecule has 0 fully saturated rings. The zero-order valence-corrected chi connectivity index (χ0v) is 13.0. The Morgan fingerprint density at radius 1 is 1.37 bits per heavy atom. The van der Waals surface area contributed by atoms with Crippen molar-refractivity contribution in [2.24, 2.45) is 17.1 Å². The zero-order valence-electron chi connectivity index (χ0n) is 11.5. The predicted octanol–water partition coefficient (Wildman–Crippen LogP) is 3.94. The first kappa shape index (κ1) is 16.3. The molecule has 0 saturated heterocycles. The molecule has 1 aromatic carbocycles. The van der Waals surface area contributed by atoms with E-state index in [1.54, 1.807) is 18.2 Å². The van der Waals surface area contributed by atoms with E-state index in [0.717, 1.165) is 0 Å². The van der Waals surface area contributed by atoms with Crippen LogP contribution in [0.1, 0.15) is 27.2 Å². The third-order valence-electron chi connectivity index (χ3n) is 2.72. The highest BCUT2D eigenvalue weighted by Gasteiger charge is 2.24. The Labute approximate surface area is 124 Å². The lowest BCUT2D eigenvalue weighted by Gasteiger charge is -2.24. The summed E-state index contributed by atoms with van der Waals surface area (Å²) in [4.78, 5) is 12.2. The van der Waals surface area contributed by atoms with Gasteiger partial charge in [-0.1, -0.05) is 50.0 Å². The maximum Gasteiger partial charge on any atom is 0.228 e. The smallest absolute Gasteiger partial charge is 0.228 e. The van der Waals surface area contributed by atoms with Gasteiger partial charge in [0.1, 0.15) is 0 Å². The van der Waals surface area contributed by atoms with Gasteiger partial charge in [-0.25, -0.2) is 0 Å². The Morgan fingerprint density at radius 3 is 2.53 bits per heavy atom. The van der Waals surface area contributed by atoms with Gasteiger partial charge < -0.3 is 11.1 Å². The van der Waals surface area contributed by atoms with E-state index in [1.807, 2.05) is 0 Å². The summed E-state index contributed by atoms with van der Waals surface area (Å²) in [6, 6.07) is 5.14. The number of anilines is 1. The summed E-state index contributed by atoms with van der Waals surface area (Å²) in [7, 11) is 0. The van der Waals surface area contributed by atoms with E-state index in [9.17, 15) is 4.79 Å². The molecule has 0 spiro atoms. The first-order valence-corrected chi connectivity index (χ1v) is 6.95. The first-order valence-electron chi connectivity index (χ1n) is 6.19. The average Bonchev–Trinajstić information content (AvgIpc) is 2.30. The van der Waals surface area contributed by atoms with Crippen LogP contribution in [0.2, 0.25) is 10.0 Å². The molecule has 1 unspecified atom stereocenters. The molecule has 1 rings (SSSR count). The second-order valence-electron chi connectivity index (χ2n) is 5.79. The number of hydrogen-bond donors (Lipinski definition) is 2. The molecule has 0 radical (unpaired) electrons. The van der Waals surface area contributed by atoms with Crippen molar-refractivity contribution < 1.29 is 4.79 Å². The Bertz CT molecular complexity index is 455. The molecule has 1 amide bonds. The number of nitrogens with one attached hydrogen (secondary N) is 1. The summed E-state index contributed by atoms with van der Waals surface area (Å²) in [6.45, 7) is 6.54. The van der Waals surface area contributed by atoms with E-state index in [2.05, 4.69) is 26.1 Å². The van der Waals surface area contributed by atoms with Gasteiger partial charge >= 0.3 is 0 Å². The van der Waals surface area contributed by atoms with Gasteiger partial charge in [0.15, 0.2) is 0 Å². The molecule has 19 heavy (non-hydrogen) atoms. The molecule has 3 nitrogen and oxygen atoms in total. The monoisotopic (exact) mass is 302 g/mol. The molecule has 5 heteroatoms. The second-order valence-corrected chi connectivity index (χ2v) is 6.57. The standard InChI is InChI=1S/C14H20Cl2N2O/c1-14(2,3)7-9(8-17)13(19)18-11-6-4-5-10(15)12(11)16/h4-6,9H,7-8,17H2,1-3H3,(H,18,19). The van der Waals surface area contributed by atoms with Gasteiger partial charge in [0, 0.05) is 6.54 Å². The SMILES string of the molecule is CC(C)(C)CC(CN)C(=O)Nc1cccc(Cl)c1Cl. The summed E-state index contributed by atoms with van der Waals surface area (Å²) < 4.78 is 0. The number of rotatable bonds is 4. The topological polar surface area (TPSA) is 55.1 Å². The van der Waals surface area contributed by atoms with Crippen LogP contribution in [0, 0.1) is 11.3 Å². The van der Waals surface area contributed by atoms with Crippen LogP contribution in [-0.4, -0.2) is 12.5 Å². The van der Waals surface area contributed by atoms with Crippen molar-refractivity contribution >= 4 is 34.8 Å². The van der Waals surface area contributed by atoms with Gasteiger partial charge in [0.25, 0.3) is 0 Å². The number of carbonyl (C=O) groups is 1. The van der Waals surface area contributed by atoms with Crippen molar-refractivity contribution in [3.8, 4) is 0 Å². The lowest BCUT2D eigenvalue weighted by Crippen LogP contribution is -2.32. The fourth-order valence-corrected chi connectivity index (χ4v) is 2.21. The molecule has 0 bridgehead atoms. The minimum atomic E-state index is -0.241. The summed E-state index contributed by atoms with van der Waals surface area (Å²) in [5.74, 6) is -0.364. The van der Waals surface area contributed by atoms with E-state index in [1.165, 1.54) is 0 Å². The number of amides is 1. The van der Waals surface area contributed by atoms with Crippen molar-refractivity contribution in [1.82, 2.24) is 0 Å². The number of halogens is 2. The maximum absolute atomic E-state index is 12.2. The summed E-state index contributed by atoms with van der Waals surface area (Å²) in [6.07, 6.45) is 0.716. The fourth-order valence-electron chi connectivity index (χ4n) is 1.86. The van der Waals surface area contributed by atoms with Gasteiger partial charge in [0.05, 0.1) is 21.7 Å². The molecule has 1 atom stereocenters. The van der Waals surface area contributed by atoms with E-state index in [4.69, 9.17) is 28.9 Å². The minimum Gasteiger partial charge on any atom is -0.330 e. The quantitative estimate of drug-likeness (QED) is 0.885. The van der Waals surface area contributed by atoms with Crippen LogP contribution >= 0.6 is 23.2 Å². The molecular formula is C14H20Cl2N2O. The van der Waals surface area contributed by atoms with Crippen molar-refractivity contribution in [1.29, 1.82) is 0 Å². The molecule has 0 aromatic heterocycles. The predicted molar refractivity (Wildman–Crippen MR) is 81.7 cm³/mol. The Kier molecular flexibility index (Phi) is 5.65. The van der Waals surface area contributed by atoms with Crippen LogP contribution in [0.5, 0.6) is 0 Å². The largest absolute Gasteiger partial charge is 0.330 e. The van der Waals surface area contributed by atoms with E-state index in [-0.39, 0.29) is 17.2 Å². The van der Waals surface area contributed by atoms with E-state index in [0.29, 0.717) is 28.7 Å². The van der Waals surface area contributed by atoms with Crippen LogP contribution < -0.4 is 11.1 Å². The highest BCUT2D eigenvalue weighted by atomic mass is 35.5. The minimum absolute atomic E-state index is 0.0412. The molecule has 1 aromatic rings. The lowest BCUT2D eigenvalue weighted by molar-refractivity contribution is -0.120. The van der Waals surface area contributed by atoms with Crippen molar-refractivity contribution in [3.05, 3.63) is 28.2 Å². The Balaban J connectivity index is 2.80. The lowest BCUT2D eigenvalue weighted by atomic mass is 9.84. The second kappa shape index (κ2) is 6.60. The first-order chi connectivity index (χ1) is 8.74. The molecule has 0 aliphatic heterocycles. The van der Waals surface area contributed by atoms with Crippen LogP contribution in [0.4, 0.5) is 5.69 Å². The molecule has 0 saturated carbocycles. The number of nitrogens with two attached hydrogens (primary N) is 1. The van der Waals surface area contributed by atoms with Crippen LogP contribution in [-0.2, 0) is 4.79 Å². The molecule has 0 aliphatic carbocycles. The molecule has 0 aliphatic rings. The van der Waals surface area contributed by atoms with Gasteiger partial charge in [0.2, 0.25) is 5.91 Å². The highest BCUT2D eigenvalue weighted by Crippen LogP contribution is 2.31. The van der Waals surface area contributed by atoms with Crippen molar-refractivity contribution in [3.63, 3.8) is 0 Å². The number of benzene rings is 1. The molecule has 106 valence electrons. The number of carbonyl (C=O) groups excluding carboxylic acids is 1. The summed E-state index contributed by atoms with van der Waals surface area (Å²) in [5, 5.41) is 3.56. The van der Waals surface area contributed by atoms with E-state index < -0.39 is 0 Å². The molecular weight excluding hydrogens is 283 g/mol. The highest BCUT2D eigenvalue weighted by molar-refractivity contribution is 6.43. The average molecular weight is 303 g/mol. The summed E-state index contributed by atoms with van der Waals surface area (Å²) >= 11 is 11.9. The van der Waals surface area contributed by atoms with Gasteiger partial charge in [-0.3, -0.25) is 4.79 Å². The van der Waals surface area contributed by atoms with Gasteiger partial charge in [-0.2, -0.15) is 0 Å².